The SMILES string of the molecule is CCCCCCOc1cc2c3cc(OCCCCCC)c(OCCCCCC)cc3c3cc(OCCCCC(=O)O)c(OCCCCC(=O)O)cc3c2cc1OCCCCCC. The van der Waals surface area contributed by atoms with Crippen molar-refractivity contribution in [1.29, 1.82) is 0 Å². The number of carboxylic acid groups (broad SMARTS) is 2. The summed E-state index contributed by atoms with van der Waals surface area (Å²) in [5.74, 6) is 2.29. The number of carboxylic acids is 2. The lowest BCUT2D eigenvalue weighted by atomic mass is 9.93. The maximum atomic E-state index is 11.2. The van der Waals surface area contributed by atoms with Gasteiger partial charge in [0.1, 0.15) is 0 Å². The van der Waals surface area contributed by atoms with Crippen molar-refractivity contribution >= 4 is 44.3 Å². The van der Waals surface area contributed by atoms with Crippen LogP contribution in [0.15, 0.2) is 36.4 Å². The number of carbonyl (C=O) groups is 2. The number of hydrogen-bond acceptors (Lipinski definition) is 8. The van der Waals surface area contributed by atoms with E-state index in [1.807, 2.05) is 12.1 Å². The van der Waals surface area contributed by atoms with Gasteiger partial charge in [0.2, 0.25) is 0 Å². The Morgan fingerprint density at radius 3 is 0.694 bits per heavy atom. The zero-order chi connectivity index (χ0) is 44.4. The summed E-state index contributed by atoms with van der Waals surface area (Å²) in [5.41, 5.74) is 0. The quantitative estimate of drug-likeness (QED) is 0.0337. The van der Waals surface area contributed by atoms with E-state index in [-0.39, 0.29) is 12.8 Å². The fourth-order valence-corrected chi connectivity index (χ4v) is 7.66. The summed E-state index contributed by atoms with van der Waals surface area (Å²) < 4.78 is 39.1. The van der Waals surface area contributed by atoms with Gasteiger partial charge in [0.05, 0.1) is 39.6 Å². The largest absolute Gasteiger partial charge is 0.490 e. The molecule has 0 fully saturated rings. The number of benzene rings is 4. The zero-order valence-electron chi connectivity index (χ0n) is 38.4. The molecule has 4 aromatic rings. The molecule has 0 amide bonds. The number of ether oxygens (including phenoxy) is 6. The van der Waals surface area contributed by atoms with Crippen molar-refractivity contribution in [3.63, 3.8) is 0 Å². The number of rotatable bonds is 36. The van der Waals surface area contributed by atoms with Crippen molar-refractivity contribution in [3.05, 3.63) is 36.4 Å². The van der Waals surface area contributed by atoms with E-state index in [1.165, 1.54) is 12.8 Å². The van der Waals surface area contributed by atoms with Gasteiger partial charge >= 0.3 is 11.9 Å². The summed E-state index contributed by atoms with van der Waals surface area (Å²) in [7, 11) is 0. The van der Waals surface area contributed by atoms with E-state index in [0.29, 0.717) is 88.3 Å². The highest BCUT2D eigenvalue weighted by Crippen LogP contribution is 2.47. The lowest BCUT2D eigenvalue weighted by Crippen LogP contribution is -2.05. The van der Waals surface area contributed by atoms with Crippen molar-refractivity contribution in [1.82, 2.24) is 0 Å². The molecule has 0 saturated heterocycles. The minimum atomic E-state index is -0.832. The van der Waals surface area contributed by atoms with Gasteiger partial charge < -0.3 is 38.6 Å². The summed E-state index contributed by atoms with van der Waals surface area (Å²) in [6.45, 7) is 11.8. The van der Waals surface area contributed by atoms with Gasteiger partial charge in [0.25, 0.3) is 0 Å². The van der Waals surface area contributed by atoms with E-state index in [2.05, 4.69) is 52.0 Å². The first-order valence-corrected chi connectivity index (χ1v) is 24.1. The summed E-state index contributed by atoms with van der Waals surface area (Å²) in [6, 6.07) is 12.6. The Morgan fingerprint density at radius 1 is 0.323 bits per heavy atom. The molecular formula is C52H76O10. The number of unbranched alkanes of at least 4 members (excludes halogenated alkanes) is 14. The first-order valence-electron chi connectivity index (χ1n) is 24.1. The van der Waals surface area contributed by atoms with E-state index >= 15 is 0 Å². The van der Waals surface area contributed by atoms with Gasteiger partial charge in [-0.2, -0.15) is 0 Å². The second kappa shape index (κ2) is 28.9. The maximum absolute atomic E-state index is 11.2. The Bertz CT molecular complexity index is 1800. The van der Waals surface area contributed by atoms with Crippen LogP contribution < -0.4 is 28.4 Å². The number of fused-ring (bicyclic) bond motifs is 6. The van der Waals surface area contributed by atoms with E-state index < -0.39 is 11.9 Å². The normalized spacial score (nSPS) is 11.4. The van der Waals surface area contributed by atoms with Crippen LogP contribution in [0.3, 0.4) is 0 Å². The van der Waals surface area contributed by atoms with Crippen LogP contribution in [0, 0.1) is 0 Å². The lowest BCUT2D eigenvalue weighted by Gasteiger charge is -2.21. The predicted octanol–water partition coefficient (Wildman–Crippen LogP) is 14.2. The molecule has 0 aliphatic heterocycles. The molecule has 0 aliphatic rings. The van der Waals surface area contributed by atoms with Gasteiger partial charge in [-0.25, -0.2) is 0 Å². The molecule has 0 saturated carbocycles. The summed E-state index contributed by atoms with van der Waals surface area (Å²) in [5, 5.41) is 24.3. The van der Waals surface area contributed by atoms with Crippen LogP contribution in [0.1, 0.15) is 169 Å². The van der Waals surface area contributed by atoms with Gasteiger partial charge in [0, 0.05) is 12.8 Å². The van der Waals surface area contributed by atoms with Crippen molar-refractivity contribution in [2.75, 3.05) is 39.6 Å². The van der Waals surface area contributed by atoms with Gasteiger partial charge in [-0.15, -0.1) is 0 Å². The predicted molar refractivity (Wildman–Crippen MR) is 251 cm³/mol. The highest BCUT2D eigenvalue weighted by atomic mass is 16.5. The van der Waals surface area contributed by atoms with Gasteiger partial charge in [-0.3, -0.25) is 9.59 Å². The smallest absolute Gasteiger partial charge is 0.303 e. The van der Waals surface area contributed by atoms with E-state index in [0.717, 1.165) is 134 Å². The Balaban J connectivity index is 1.95. The van der Waals surface area contributed by atoms with Crippen LogP contribution in [0.5, 0.6) is 34.5 Å². The van der Waals surface area contributed by atoms with Gasteiger partial charge in [-0.1, -0.05) is 105 Å². The number of hydrogen-bond donors (Lipinski definition) is 2. The molecule has 4 aromatic carbocycles. The van der Waals surface area contributed by atoms with Crippen LogP contribution in [0.25, 0.3) is 32.3 Å². The molecule has 0 unspecified atom stereocenters. The topological polar surface area (TPSA) is 130 Å². The number of aliphatic carboxylic acids is 2. The molecule has 0 spiro atoms. The Morgan fingerprint density at radius 2 is 0.516 bits per heavy atom. The monoisotopic (exact) mass is 861 g/mol. The molecular weight excluding hydrogens is 785 g/mol. The molecule has 0 atom stereocenters. The summed E-state index contributed by atoms with van der Waals surface area (Å²) in [4.78, 5) is 22.5. The van der Waals surface area contributed by atoms with Crippen LogP contribution in [0.2, 0.25) is 0 Å². The average molecular weight is 861 g/mol. The molecule has 10 nitrogen and oxygen atoms in total. The summed E-state index contributed by atoms with van der Waals surface area (Å²) >= 11 is 0. The van der Waals surface area contributed by atoms with E-state index in [1.54, 1.807) is 0 Å². The second-order valence-corrected chi connectivity index (χ2v) is 16.6. The molecule has 0 radical (unpaired) electrons. The lowest BCUT2D eigenvalue weighted by molar-refractivity contribution is -0.138. The van der Waals surface area contributed by atoms with Crippen LogP contribution in [0.4, 0.5) is 0 Å². The Labute approximate surface area is 370 Å². The first-order chi connectivity index (χ1) is 30.3. The molecule has 0 aliphatic carbocycles. The van der Waals surface area contributed by atoms with Crippen molar-refractivity contribution in [2.45, 2.75) is 169 Å². The van der Waals surface area contributed by atoms with Gasteiger partial charge in [0.15, 0.2) is 34.5 Å². The second-order valence-electron chi connectivity index (χ2n) is 16.6. The van der Waals surface area contributed by atoms with E-state index in [9.17, 15) is 19.8 Å². The Hall–Kier alpha value is -4.60. The highest BCUT2D eigenvalue weighted by Gasteiger charge is 2.21. The van der Waals surface area contributed by atoms with E-state index in [4.69, 9.17) is 28.4 Å². The highest BCUT2D eigenvalue weighted by molar-refractivity contribution is 6.26. The zero-order valence-corrected chi connectivity index (χ0v) is 38.4. The third-order valence-corrected chi connectivity index (χ3v) is 11.2. The molecule has 0 aromatic heterocycles. The van der Waals surface area contributed by atoms with Crippen LogP contribution in [-0.2, 0) is 9.59 Å². The first kappa shape index (κ1) is 50.0. The fourth-order valence-electron chi connectivity index (χ4n) is 7.66. The fraction of sp³-hybridized carbons (Fsp3) is 0.615. The third kappa shape index (κ3) is 16.6. The molecule has 344 valence electrons. The molecule has 0 bridgehead atoms. The molecule has 10 heteroatoms. The minimum absolute atomic E-state index is 0.0717. The maximum Gasteiger partial charge on any atom is 0.303 e. The Kier molecular flexibility index (Phi) is 23.3. The molecule has 2 N–H and O–H groups in total. The molecule has 4 rings (SSSR count). The average Bonchev–Trinajstić information content (AvgIpc) is 3.26. The van der Waals surface area contributed by atoms with Crippen molar-refractivity contribution in [3.8, 4) is 34.5 Å². The molecule has 62 heavy (non-hydrogen) atoms. The van der Waals surface area contributed by atoms with Crippen molar-refractivity contribution in [2.24, 2.45) is 0 Å². The molecule has 0 heterocycles. The van der Waals surface area contributed by atoms with Crippen LogP contribution >= 0.6 is 0 Å². The standard InChI is InChI=1S/C52H76O10/c1-5-9-13-19-27-57-45-33-39-40-34-46(58-28-20-14-10-6-2)48(60-30-22-16-12-8-4)36-42(40)44-38-50(62-32-24-18-26-52(55)56)49(61-31-23-17-25-51(53)54)37-43(44)41(39)35-47(45)59-29-21-15-11-7-3/h33-38H,5-32H2,1-4H3,(H,53,54)(H,55,56). The van der Waals surface area contributed by atoms with Gasteiger partial charge in [-0.05, 0) is 120 Å². The van der Waals surface area contributed by atoms with Crippen molar-refractivity contribution < 1.29 is 48.2 Å². The summed E-state index contributed by atoms with van der Waals surface area (Å²) in [6.07, 6.45) is 19.8. The van der Waals surface area contributed by atoms with Crippen LogP contribution in [-0.4, -0.2) is 61.8 Å². The third-order valence-electron chi connectivity index (χ3n) is 11.2. The minimum Gasteiger partial charge on any atom is -0.490 e.